The third-order valence-corrected chi connectivity index (χ3v) is 2.97. The van der Waals surface area contributed by atoms with Gasteiger partial charge >= 0.3 is 0 Å². The van der Waals surface area contributed by atoms with Crippen molar-refractivity contribution in [3.05, 3.63) is 24.0 Å². The van der Waals surface area contributed by atoms with E-state index in [2.05, 4.69) is 29.5 Å². The molecule has 0 fully saturated rings. The van der Waals surface area contributed by atoms with Crippen LogP contribution in [0.3, 0.4) is 0 Å². The van der Waals surface area contributed by atoms with Gasteiger partial charge in [-0.2, -0.15) is 0 Å². The highest BCUT2D eigenvalue weighted by Gasteiger charge is 2.16. The number of amides is 1. The molecule has 112 valence electrons. The number of pyridine rings is 1. The number of aromatic nitrogens is 1. The molecule has 5 nitrogen and oxygen atoms in total. The topological polar surface area (TPSA) is 63.2 Å². The van der Waals surface area contributed by atoms with Gasteiger partial charge in [0, 0.05) is 26.0 Å². The van der Waals surface area contributed by atoms with Gasteiger partial charge in [0.05, 0.1) is 23.9 Å². The van der Waals surface area contributed by atoms with Crippen molar-refractivity contribution in [2.45, 2.75) is 39.2 Å². The van der Waals surface area contributed by atoms with E-state index >= 15 is 0 Å². The van der Waals surface area contributed by atoms with Crippen molar-refractivity contribution < 1.29 is 9.53 Å². The molecule has 0 aliphatic rings. The van der Waals surface area contributed by atoms with Gasteiger partial charge in [-0.3, -0.25) is 9.78 Å². The highest BCUT2D eigenvalue weighted by Crippen LogP contribution is 2.14. The van der Waals surface area contributed by atoms with Gasteiger partial charge in [-0.25, -0.2) is 0 Å². The molecule has 1 amide bonds. The number of anilines is 1. The van der Waals surface area contributed by atoms with Crippen LogP contribution in [0.15, 0.2) is 18.5 Å². The second-order valence-corrected chi connectivity index (χ2v) is 4.76. The summed E-state index contributed by atoms with van der Waals surface area (Å²) >= 11 is 0. The van der Waals surface area contributed by atoms with Crippen molar-refractivity contribution in [2.24, 2.45) is 0 Å². The van der Waals surface area contributed by atoms with Gasteiger partial charge in [0.15, 0.2) is 0 Å². The fraction of sp³-hybridized carbons (Fsp3) is 0.600. The molecule has 1 aromatic rings. The standard InChI is InChI=1S/C15H25N3O2/c1-4-6-12(11-20-3)18-15(19)13-10-16-9-7-14(13)17-8-5-2/h7,9-10,12H,4-6,8,11H2,1-3H3,(H,16,17)(H,18,19). The third kappa shape index (κ3) is 5.17. The normalized spacial score (nSPS) is 11.9. The molecule has 1 heterocycles. The van der Waals surface area contributed by atoms with Crippen LogP contribution >= 0.6 is 0 Å². The van der Waals surface area contributed by atoms with Crippen LogP contribution in [-0.4, -0.2) is 37.2 Å². The first-order valence-corrected chi connectivity index (χ1v) is 7.20. The van der Waals surface area contributed by atoms with Crippen molar-refractivity contribution in [3.63, 3.8) is 0 Å². The van der Waals surface area contributed by atoms with Crippen LogP contribution in [0.4, 0.5) is 5.69 Å². The van der Waals surface area contributed by atoms with Crippen LogP contribution < -0.4 is 10.6 Å². The lowest BCUT2D eigenvalue weighted by Gasteiger charge is -2.18. The highest BCUT2D eigenvalue weighted by molar-refractivity contribution is 5.99. The minimum Gasteiger partial charge on any atom is -0.384 e. The van der Waals surface area contributed by atoms with E-state index in [1.165, 1.54) is 0 Å². The van der Waals surface area contributed by atoms with Gasteiger partial charge in [-0.15, -0.1) is 0 Å². The molecule has 20 heavy (non-hydrogen) atoms. The molecule has 0 saturated heterocycles. The Bertz CT molecular complexity index is 404. The molecular formula is C15H25N3O2. The number of methoxy groups -OCH3 is 1. The SMILES string of the molecule is CCCNc1ccncc1C(=O)NC(CCC)COC. The molecule has 0 aromatic carbocycles. The zero-order valence-electron chi connectivity index (χ0n) is 12.6. The molecule has 1 aromatic heterocycles. The Hall–Kier alpha value is -1.62. The minimum atomic E-state index is -0.104. The van der Waals surface area contributed by atoms with Gasteiger partial charge in [0.2, 0.25) is 0 Å². The zero-order valence-corrected chi connectivity index (χ0v) is 12.6. The van der Waals surface area contributed by atoms with E-state index in [9.17, 15) is 4.79 Å². The second-order valence-electron chi connectivity index (χ2n) is 4.76. The van der Waals surface area contributed by atoms with E-state index in [0.29, 0.717) is 12.2 Å². The Labute approximate surface area is 121 Å². The quantitative estimate of drug-likeness (QED) is 0.729. The third-order valence-electron chi connectivity index (χ3n) is 2.97. The lowest BCUT2D eigenvalue weighted by Crippen LogP contribution is -2.38. The highest BCUT2D eigenvalue weighted by atomic mass is 16.5. The second kappa shape index (κ2) is 9.31. The molecule has 0 aliphatic heterocycles. The molecular weight excluding hydrogens is 254 g/mol. The Morgan fingerprint density at radius 3 is 2.85 bits per heavy atom. The fourth-order valence-corrected chi connectivity index (χ4v) is 2.00. The van der Waals surface area contributed by atoms with E-state index in [1.807, 2.05) is 6.07 Å². The van der Waals surface area contributed by atoms with Crippen molar-refractivity contribution in [1.29, 1.82) is 0 Å². The Morgan fingerprint density at radius 1 is 1.40 bits per heavy atom. The Morgan fingerprint density at radius 2 is 2.20 bits per heavy atom. The summed E-state index contributed by atoms with van der Waals surface area (Å²) in [6.07, 6.45) is 6.20. The summed E-state index contributed by atoms with van der Waals surface area (Å²) in [7, 11) is 1.65. The molecule has 0 saturated carbocycles. The molecule has 0 spiro atoms. The molecule has 1 atom stereocenters. The van der Waals surface area contributed by atoms with Crippen LogP contribution in [0.2, 0.25) is 0 Å². The first-order valence-electron chi connectivity index (χ1n) is 7.20. The van der Waals surface area contributed by atoms with E-state index in [-0.39, 0.29) is 11.9 Å². The van der Waals surface area contributed by atoms with Gasteiger partial charge in [-0.05, 0) is 18.9 Å². The summed E-state index contributed by atoms with van der Waals surface area (Å²) in [5.74, 6) is -0.104. The monoisotopic (exact) mass is 279 g/mol. The number of nitrogens with zero attached hydrogens (tertiary/aromatic N) is 1. The van der Waals surface area contributed by atoms with Crippen LogP contribution in [0.25, 0.3) is 0 Å². The first kappa shape index (κ1) is 16.4. The summed E-state index contributed by atoms with van der Waals surface area (Å²) in [6.45, 7) is 5.54. The van der Waals surface area contributed by atoms with Crippen LogP contribution in [0.5, 0.6) is 0 Å². The average Bonchev–Trinajstić information content (AvgIpc) is 2.46. The number of nitrogens with one attached hydrogen (secondary N) is 2. The number of carbonyl (C=O) groups excluding carboxylic acids is 1. The molecule has 5 heteroatoms. The maximum Gasteiger partial charge on any atom is 0.255 e. The van der Waals surface area contributed by atoms with Gasteiger partial charge < -0.3 is 15.4 Å². The summed E-state index contributed by atoms with van der Waals surface area (Å²) in [4.78, 5) is 16.4. The van der Waals surface area contributed by atoms with E-state index in [0.717, 1.165) is 31.5 Å². The largest absolute Gasteiger partial charge is 0.384 e. The lowest BCUT2D eigenvalue weighted by atomic mass is 10.1. The number of rotatable bonds is 9. The molecule has 2 N–H and O–H groups in total. The van der Waals surface area contributed by atoms with Gasteiger partial charge in [0.1, 0.15) is 0 Å². The lowest BCUT2D eigenvalue weighted by molar-refractivity contribution is 0.0892. The Balaban J connectivity index is 2.74. The minimum absolute atomic E-state index is 0.0386. The van der Waals surface area contributed by atoms with Crippen molar-refractivity contribution in [2.75, 3.05) is 25.6 Å². The number of hydrogen-bond donors (Lipinski definition) is 2. The average molecular weight is 279 g/mol. The maximum atomic E-state index is 12.3. The smallest absolute Gasteiger partial charge is 0.255 e. The van der Waals surface area contributed by atoms with Crippen LogP contribution in [0.1, 0.15) is 43.5 Å². The predicted molar refractivity (Wildman–Crippen MR) is 81.1 cm³/mol. The van der Waals surface area contributed by atoms with E-state index in [4.69, 9.17) is 4.74 Å². The van der Waals surface area contributed by atoms with Crippen LogP contribution in [0, 0.1) is 0 Å². The molecule has 0 radical (unpaired) electrons. The van der Waals surface area contributed by atoms with Gasteiger partial charge in [-0.1, -0.05) is 20.3 Å². The van der Waals surface area contributed by atoms with Crippen molar-refractivity contribution in [1.82, 2.24) is 10.3 Å². The summed E-state index contributed by atoms with van der Waals surface area (Å²) in [5, 5.41) is 6.26. The number of ether oxygens (including phenoxy) is 1. The summed E-state index contributed by atoms with van der Waals surface area (Å²) in [6, 6.07) is 1.87. The fourth-order valence-electron chi connectivity index (χ4n) is 2.00. The number of carbonyl (C=O) groups is 1. The molecule has 1 unspecified atom stereocenters. The molecule has 0 bridgehead atoms. The molecule has 1 rings (SSSR count). The summed E-state index contributed by atoms with van der Waals surface area (Å²) in [5.41, 5.74) is 1.41. The zero-order chi connectivity index (χ0) is 14.8. The van der Waals surface area contributed by atoms with Crippen molar-refractivity contribution >= 4 is 11.6 Å². The maximum absolute atomic E-state index is 12.3. The van der Waals surface area contributed by atoms with Crippen LogP contribution in [-0.2, 0) is 4.74 Å². The predicted octanol–water partition coefficient (Wildman–Crippen LogP) is 2.45. The van der Waals surface area contributed by atoms with E-state index in [1.54, 1.807) is 19.5 Å². The number of hydrogen-bond acceptors (Lipinski definition) is 4. The van der Waals surface area contributed by atoms with E-state index < -0.39 is 0 Å². The Kier molecular flexibility index (Phi) is 7.65. The van der Waals surface area contributed by atoms with Gasteiger partial charge in [0.25, 0.3) is 5.91 Å². The first-order chi connectivity index (χ1) is 9.72. The summed E-state index contributed by atoms with van der Waals surface area (Å²) < 4.78 is 5.14. The molecule has 0 aliphatic carbocycles. The van der Waals surface area contributed by atoms with Crippen molar-refractivity contribution in [3.8, 4) is 0 Å².